The van der Waals surface area contributed by atoms with Crippen LogP contribution < -0.4 is 11.3 Å². The Morgan fingerprint density at radius 3 is 2.71 bits per heavy atom. The lowest BCUT2D eigenvalue weighted by Gasteiger charge is -2.16. The van der Waals surface area contributed by atoms with Crippen molar-refractivity contribution in [3.8, 4) is 0 Å². The summed E-state index contributed by atoms with van der Waals surface area (Å²) in [4.78, 5) is 12.9. The van der Waals surface area contributed by atoms with E-state index in [9.17, 15) is 4.79 Å². The van der Waals surface area contributed by atoms with Crippen LogP contribution in [0.5, 0.6) is 0 Å². The Morgan fingerprint density at radius 2 is 2.21 bits per heavy atom. The zero-order valence-corrected chi connectivity index (χ0v) is 8.99. The first-order valence-electron chi connectivity index (χ1n) is 4.92. The molecule has 0 spiro atoms. The molecule has 5 heteroatoms. The van der Waals surface area contributed by atoms with Crippen LogP contribution in [0, 0.1) is 0 Å². The van der Waals surface area contributed by atoms with Gasteiger partial charge in [-0.05, 0) is 33.4 Å². The monoisotopic (exact) mass is 203 g/mol. The third-order valence-electron chi connectivity index (χ3n) is 2.03. The van der Waals surface area contributed by atoms with E-state index < -0.39 is 0 Å². The third-order valence-corrected chi connectivity index (χ3v) is 2.03. The molecule has 4 N–H and O–H groups in total. The fourth-order valence-electron chi connectivity index (χ4n) is 1.10. The average molecular weight is 203 g/mol. The van der Waals surface area contributed by atoms with Crippen molar-refractivity contribution in [2.75, 3.05) is 20.1 Å². The molecule has 0 aliphatic carbocycles. The number of nitrogens with one attached hydrogen (secondary N) is 1. The Balaban J connectivity index is 3.35. The first-order valence-corrected chi connectivity index (χ1v) is 4.92. The smallest absolute Gasteiger partial charge is 0.233 e. The van der Waals surface area contributed by atoms with Crippen LogP contribution >= 0.6 is 0 Å². The van der Waals surface area contributed by atoms with Crippen molar-refractivity contribution in [1.29, 1.82) is 0 Å². The summed E-state index contributed by atoms with van der Waals surface area (Å²) in [7, 11) is 1.97. The second-order valence-corrected chi connectivity index (χ2v) is 3.61. The van der Waals surface area contributed by atoms with Crippen molar-refractivity contribution in [3.05, 3.63) is 0 Å². The van der Waals surface area contributed by atoms with Gasteiger partial charge in [-0.3, -0.25) is 10.2 Å². The summed E-state index contributed by atoms with van der Waals surface area (Å²) < 4.78 is 0. The van der Waals surface area contributed by atoms with Gasteiger partial charge in [-0.2, -0.15) is 0 Å². The summed E-state index contributed by atoms with van der Waals surface area (Å²) in [6, 6.07) is 0. The van der Waals surface area contributed by atoms with E-state index >= 15 is 0 Å². The fourth-order valence-corrected chi connectivity index (χ4v) is 1.10. The number of aliphatic hydroxyl groups is 1. The van der Waals surface area contributed by atoms with Gasteiger partial charge in [0, 0.05) is 13.0 Å². The summed E-state index contributed by atoms with van der Waals surface area (Å²) in [6.45, 7) is 3.47. The quantitative estimate of drug-likeness (QED) is 0.295. The highest BCUT2D eigenvalue weighted by molar-refractivity contribution is 5.75. The van der Waals surface area contributed by atoms with Gasteiger partial charge in [-0.1, -0.05) is 0 Å². The highest BCUT2D eigenvalue weighted by atomic mass is 16.3. The number of nitrogens with two attached hydrogens (primary N) is 1. The van der Waals surface area contributed by atoms with E-state index in [2.05, 4.69) is 10.3 Å². The van der Waals surface area contributed by atoms with Crippen LogP contribution in [0.1, 0.15) is 26.2 Å². The molecule has 14 heavy (non-hydrogen) atoms. The number of hydrogen-bond acceptors (Lipinski definition) is 4. The maximum absolute atomic E-state index is 10.8. The molecular weight excluding hydrogens is 182 g/mol. The summed E-state index contributed by atoms with van der Waals surface area (Å²) >= 11 is 0. The van der Waals surface area contributed by atoms with Gasteiger partial charge in [0.25, 0.3) is 0 Å². The third kappa shape index (κ3) is 7.97. The Hall–Kier alpha value is -0.650. The molecule has 0 radical (unpaired) electrons. The van der Waals surface area contributed by atoms with E-state index in [1.54, 1.807) is 6.92 Å². The zero-order valence-electron chi connectivity index (χ0n) is 8.99. The van der Waals surface area contributed by atoms with Crippen molar-refractivity contribution < 1.29 is 9.90 Å². The molecule has 0 aliphatic rings. The molecule has 0 saturated heterocycles. The summed E-state index contributed by atoms with van der Waals surface area (Å²) in [6.07, 6.45) is 1.75. The van der Waals surface area contributed by atoms with Gasteiger partial charge in [-0.15, -0.1) is 0 Å². The van der Waals surface area contributed by atoms with Gasteiger partial charge in [-0.25, -0.2) is 5.84 Å². The van der Waals surface area contributed by atoms with Crippen molar-refractivity contribution in [2.24, 2.45) is 5.84 Å². The highest BCUT2D eigenvalue weighted by Crippen LogP contribution is 1.96. The van der Waals surface area contributed by atoms with Crippen molar-refractivity contribution in [3.63, 3.8) is 0 Å². The molecule has 0 aliphatic heterocycles. The van der Waals surface area contributed by atoms with Gasteiger partial charge in [0.05, 0.1) is 6.10 Å². The normalized spacial score (nSPS) is 12.9. The average Bonchev–Trinajstić information content (AvgIpc) is 2.14. The van der Waals surface area contributed by atoms with Crippen LogP contribution in [0.25, 0.3) is 0 Å². The fraction of sp³-hybridized carbons (Fsp3) is 0.889. The second kappa shape index (κ2) is 7.73. The van der Waals surface area contributed by atoms with Crippen LogP contribution in [-0.4, -0.2) is 42.2 Å². The number of rotatable bonds is 7. The van der Waals surface area contributed by atoms with E-state index in [0.717, 1.165) is 25.9 Å². The van der Waals surface area contributed by atoms with Gasteiger partial charge in [0.1, 0.15) is 0 Å². The maximum atomic E-state index is 10.8. The van der Waals surface area contributed by atoms with Crippen molar-refractivity contribution in [2.45, 2.75) is 32.3 Å². The Morgan fingerprint density at radius 1 is 1.57 bits per heavy atom. The Labute approximate surface area is 85.2 Å². The first kappa shape index (κ1) is 13.4. The summed E-state index contributed by atoms with van der Waals surface area (Å²) in [5.41, 5.74) is 2.09. The van der Waals surface area contributed by atoms with Crippen LogP contribution in [-0.2, 0) is 4.79 Å². The number of carbonyl (C=O) groups excluding carboxylic acids is 1. The molecule has 0 rings (SSSR count). The molecule has 0 aromatic carbocycles. The summed E-state index contributed by atoms with van der Waals surface area (Å²) in [5, 5.41) is 9.05. The maximum Gasteiger partial charge on any atom is 0.233 e. The first-order chi connectivity index (χ1) is 6.56. The molecule has 0 bridgehead atoms. The molecule has 0 heterocycles. The lowest BCUT2D eigenvalue weighted by atomic mass is 10.2. The van der Waals surface area contributed by atoms with E-state index in [-0.39, 0.29) is 12.0 Å². The molecule has 5 nitrogen and oxygen atoms in total. The van der Waals surface area contributed by atoms with Gasteiger partial charge in [0.2, 0.25) is 5.91 Å². The van der Waals surface area contributed by atoms with Crippen LogP contribution in [0.4, 0.5) is 0 Å². The largest absolute Gasteiger partial charge is 0.393 e. The molecule has 84 valence electrons. The molecule has 0 aromatic rings. The minimum absolute atomic E-state index is 0.131. The highest BCUT2D eigenvalue weighted by Gasteiger charge is 2.03. The number of hydrazine groups is 1. The number of nitrogens with zero attached hydrogens (tertiary/aromatic N) is 1. The van der Waals surface area contributed by atoms with Crippen molar-refractivity contribution >= 4 is 5.91 Å². The minimum atomic E-state index is -0.259. The van der Waals surface area contributed by atoms with Crippen molar-refractivity contribution in [1.82, 2.24) is 10.3 Å². The van der Waals surface area contributed by atoms with E-state index in [1.807, 2.05) is 7.05 Å². The topological polar surface area (TPSA) is 78.6 Å². The van der Waals surface area contributed by atoms with Crippen LogP contribution in [0.15, 0.2) is 0 Å². The second-order valence-electron chi connectivity index (χ2n) is 3.61. The lowest BCUT2D eigenvalue weighted by molar-refractivity contribution is -0.121. The van der Waals surface area contributed by atoms with E-state index in [1.165, 1.54) is 0 Å². The standard InChI is InChI=1S/C9H21N3O2/c1-8(13)5-7-12(2)6-3-4-9(14)11-10/h8,13H,3-7,10H2,1-2H3,(H,11,14). The van der Waals surface area contributed by atoms with E-state index in [0.29, 0.717) is 6.42 Å². The van der Waals surface area contributed by atoms with E-state index in [4.69, 9.17) is 10.9 Å². The predicted molar refractivity (Wildman–Crippen MR) is 55.4 cm³/mol. The number of amides is 1. The summed E-state index contributed by atoms with van der Waals surface area (Å²) in [5.74, 6) is 4.81. The molecule has 0 aromatic heterocycles. The Kier molecular flexibility index (Phi) is 7.37. The molecule has 1 atom stereocenters. The molecule has 0 saturated carbocycles. The van der Waals surface area contributed by atoms with Gasteiger partial charge < -0.3 is 10.0 Å². The van der Waals surface area contributed by atoms with Crippen LogP contribution in [0.3, 0.4) is 0 Å². The number of hydrogen-bond donors (Lipinski definition) is 3. The molecule has 1 unspecified atom stereocenters. The van der Waals surface area contributed by atoms with Gasteiger partial charge >= 0.3 is 0 Å². The Bertz CT molecular complexity index is 162. The van der Waals surface area contributed by atoms with Crippen LogP contribution in [0.2, 0.25) is 0 Å². The minimum Gasteiger partial charge on any atom is -0.393 e. The lowest BCUT2D eigenvalue weighted by Crippen LogP contribution is -2.31. The SMILES string of the molecule is CC(O)CCN(C)CCCC(=O)NN. The number of aliphatic hydroxyl groups excluding tert-OH is 1. The molecular formula is C9H21N3O2. The zero-order chi connectivity index (χ0) is 11.0. The predicted octanol–water partition coefficient (Wildman–Crippen LogP) is -0.541. The number of carbonyl (C=O) groups is 1. The molecule has 0 fully saturated rings. The molecule has 1 amide bonds. The van der Waals surface area contributed by atoms with Gasteiger partial charge in [0.15, 0.2) is 0 Å².